The molecule has 11 heteroatoms. The molecule has 1 aromatic carbocycles. The Morgan fingerprint density at radius 1 is 1.20 bits per heavy atom. The molecule has 1 fully saturated rings. The summed E-state index contributed by atoms with van der Waals surface area (Å²) in [5, 5.41) is 23.0. The summed E-state index contributed by atoms with van der Waals surface area (Å²) in [6.45, 7) is 5.24. The lowest BCUT2D eigenvalue weighted by atomic mass is 9.97. The Kier molecular flexibility index (Phi) is 7.09. The van der Waals surface area contributed by atoms with Crippen LogP contribution in [0.3, 0.4) is 0 Å². The number of aryl methyl sites for hydroxylation is 2. The monoisotopic (exact) mass is 489 g/mol. The average molecular weight is 490 g/mol. The Bertz CT molecular complexity index is 1310. The normalized spacial score (nSPS) is 13.7. The van der Waals surface area contributed by atoms with Gasteiger partial charge < -0.3 is 14.6 Å². The number of hydrogen-bond donors (Lipinski definition) is 2. The molecule has 2 amide bonds. The molecule has 1 aliphatic rings. The summed E-state index contributed by atoms with van der Waals surface area (Å²) >= 11 is 1.40. The third-order valence-corrected chi connectivity index (χ3v) is 6.95. The largest absolute Gasteiger partial charge is 0.484 e. The van der Waals surface area contributed by atoms with Crippen LogP contribution in [-0.4, -0.2) is 51.4 Å². The van der Waals surface area contributed by atoms with Gasteiger partial charge in [0, 0.05) is 24.4 Å². The van der Waals surface area contributed by atoms with Crippen LogP contribution in [0.1, 0.15) is 56.8 Å². The molecule has 1 saturated heterocycles. The molecule has 0 spiro atoms. The SMILES string of the molecule is Cc1ccc(OCC(=O)N2CCC(c3nc(C(=O)Nc4nc(C#N)c(C#N)[nH]4)cs3)CC2)cc1C. The van der Waals surface area contributed by atoms with Crippen LogP contribution >= 0.6 is 11.3 Å². The number of amides is 2. The van der Waals surface area contributed by atoms with Gasteiger partial charge in [0.2, 0.25) is 5.95 Å². The number of nitrogens with one attached hydrogen (secondary N) is 2. The fourth-order valence-corrected chi connectivity index (χ4v) is 4.73. The second-order valence-electron chi connectivity index (χ2n) is 8.25. The molecule has 0 atom stereocenters. The molecule has 178 valence electrons. The zero-order chi connectivity index (χ0) is 24.9. The highest BCUT2D eigenvalue weighted by atomic mass is 32.1. The number of H-pyrrole nitrogens is 1. The summed E-state index contributed by atoms with van der Waals surface area (Å²) in [4.78, 5) is 37.9. The summed E-state index contributed by atoms with van der Waals surface area (Å²) in [6.07, 6.45) is 1.50. The van der Waals surface area contributed by atoms with E-state index in [2.05, 4.69) is 20.3 Å². The fraction of sp³-hybridized carbons (Fsp3) is 0.333. The minimum atomic E-state index is -0.480. The number of imidazole rings is 1. The van der Waals surface area contributed by atoms with Crippen molar-refractivity contribution in [3.05, 3.63) is 56.8 Å². The van der Waals surface area contributed by atoms with Gasteiger partial charge in [-0.1, -0.05) is 6.07 Å². The number of likely N-dealkylation sites (tertiary alicyclic amines) is 1. The predicted molar refractivity (Wildman–Crippen MR) is 128 cm³/mol. The van der Waals surface area contributed by atoms with E-state index in [0.29, 0.717) is 18.8 Å². The van der Waals surface area contributed by atoms with Crippen molar-refractivity contribution < 1.29 is 14.3 Å². The molecular formula is C24H23N7O3S. The van der Waals surface area contributed by atoms with Crippen molar-refractivity contribution >= 4 is 29.1 Å². The molecule has 0 unspecified atom stereocenters. The van der Waals surface area contributed by atoms with Crippen LogP contribution in [0.15, 0.2) is 23.6 Å². The summed E-state index contributed by atoms with van der Waals surface area (Å²) in [5.74, 6) is 0.337. The number of rotatable bonds is 6. The van der Waals surface area contributed by atoms with E-state index in [1.54, 1.807) is 16.3 Å². The molecule has 2 aromatic heterocycles. The number of benzene rings is 1. The van der Waals surface area contributed by atoms with Crippen molar-refractivity contribution in [2.75, 3.05) is 25.0 Å². The van der Waals surface area contributed by atoms with E-state index < -0.39 is 5.91 Å². The number of ether oxygens (including phenoxy) is 1. The molecular weight excluding hydrogens is 466 g/mol. The van der Waals surface area contributed by atoms with Crippen LogP contribution in [0.25, 0.3) is 0 Å². The van der Waals surface area contributed by atoms with Crippen molar-refractivity contribution in [3.8, 4) is 17.9 Å². The Balaban J connectivity index is 1.28. The third kappa shape index (κ3) is 5.48. The van der Waals surface area contributed by atoms with Crippen molar-refractivity contribution in [1.82, 2.24) is 19.9 Å². The number of carbonyl (C=O) groups is 2. The molecule has 3 heterocycles. The predicted octanol–water partition coefficient (Wildman–Crippen LogP) is 3.26. The number of thiazole rings is 1. The average Bonchev–Trinajstić information content (AvgIpc) is 3.52. The van der Waals surface area contributed by atoms with Crippen LogP contribution in [-0.2, 0) is 4.79 Å². The first kappa shape index (κ1) is 23.9. The summed E-state index contributed by atoms with van der Waals surface area (Å²) in [6, 6.07) is 9.39. The lowest BCUT2D eigenvalue weighted by Crippen LogP contribution is -2.40. The smallest absolute Gasteiger partial charge is 0.277 e. The minimum Gasteiger partial charge on any atom is -0.484 e. The van der Waals surface area contributed by atoms with Gasteiger partial charge in [-0.15, -0.1) is 11.3 Å². The first-order chi connectivity index (χ1) is 16.9. The zero-order valence-electron chi connectivity index (χ0n) is 19.3. The highest BCUT2D eigenvalue weighted by Gasteiger charge is 2.27. The standard InChI is InChI=1S/C24H23N7O3S/c1-14-3-4-17(9-15(14)2)34-12-21(32)31-7-5-16(6-8-31)23-27-20(13-35-23)22(33)30-24-28-18(10-25)19(11-26)29-24/h3-4,9,13,16H,5-8,12H2,1-2H3,(H2,28,29,30,33). The van der Waals surface area contributed by atoms with E-state index in [1.165, 1.54) is 16.9 Å². The van der Waals surface area contributed by atoms with Crippen LogP contribution in [0.4, 0.5) is 5.95 Å². The van der Waals surface area contributed by atoms with Gasteiger partial charge in [-0.3, -0.25) is 14.9 Å². The second-order valence-corrected chi connectivity index (χ2v) is 9.14. The van der Waals surface area contributed by atoms with E-state index >= 15 is 0 Å². The molecule has 1 aliphatic heterocycles. The maximum atomic E-state index is 12.6. The van der Waals surface area contributed by atoms with Gasteiger partial charge in [0.15, 0.2) is 18.0 Å². The lowest BCUT2D eigenvalue weighted by Gasteiger charge is -2.31. The van der Waals surface area contributed by atoms with Crippen molar-refractivity contribution in [1.29, 1.82) is 10.5 Å². The zero-order valence-corrected chi connectivity index (χ0v) is 20.1. The molecule has 35 heavy (non-hydrogen) atoms. The maximum absolute atomic E-state index is 12.6. The van der Waals surface area contributed by atoms with Crippen LogP contribution in [0.5, 0.6) is 5.75 Å². The summed E-state index contributed by atoms with van der Waals surface area (Å²) < 4.78 is 5.68. The van der Waals surface area contributed by atoms with Crippen LogP contribution in [0, 0.1) is 36.5 Å². The Morgan fingerprint density at radius 3 is 2.63 bits per heavy atom. The van der Waals surface area contributed by atoms with Crippen molar-refractivity contribution in [3.63, 3.8) is 0 Å². The van der Waals surface area contributed by atoms with Gasteiger partial charge in [-0.2, -0.15) is 10.5 Å². The molecule has 0 radical (unpaired) electrons. The third-order valence-electron chi connectivity index (χ3n) is 5.95. The van der Waals surface area contributed by atoms with Gasteiger partial charge in [0.05, 0.1) is 5.01 Å². The number of anilines is 1. The summed E-state index contributed by atoms with van der Waals surface area (Å²) in [7, 11) is 0. The topological polar surface area (TPSA) is 148 Å². The van der Waals surface area contributed by atoms with E-state index in [-0.39, 0.29) is 41.5 Å². The van der Waals surface area contributed by atoms with Crippen molar-refractivity contribution in [2.24, 2.45) is 0 Å². The van der Waals surface area contributed by atoms with Gasteiger partial charge in [-0.25, -0.2) is 9.97 Å². The minimum absolute atomic E-state index is 0.00253. The van der Waals surface area contributed by atoms with Gasteiger partial charge in [0.25, 0.3) is 11.8 Å². The van der Waals surface area contributed by atoms with Crippen molar-refractivity contribution in [2.45, 2.75) is 32.6 Å². The number of hydrogen-bond acceptors (Lipinski definition) is 8. The second kappa shape index (κ2) is 10.4. The number of aromatic amines is 1. The Labute approximate surface area is 206 Å². The molecule has 0 bridgehead atoms. The van der Waals surface area contributed by atoms with E-state index in [4.69, 9.17) is 15.3 Å². The lowest BCUT2D eigenvalue weighted by molar-refractivity contribution is -0.134. The fourth-order valence-electron chi connectivity index (χ4n) is 3.76. The first-order valence-corrected chi connectivity index (χ1v) is 11.9. The quantitative estimate of drug-likeness (QED) is 0.540. The van der Waals surface area contributed by atoms with E-state index in [1.807, 2.05) is 38.1 Å². The highest BCUT2D eigenvalue weighted by Crippen LogP contribution is 2.30. The summed E-state index contributed by atoms with van der Waals surface area (Å²) in [5.41, 5.74) is 2.44. The molecule has 0 aliphatic carbocycles. The van der Waals surface area contributed by atoms with Gasteiger partial charge in [0.1, 0.15) is 23.6 Å². The Hall–Kier alpha value is -4.22. The number of aromatic nitrogens is 3. The highest BCUT2D eigenvalue weighted by molar-refractivity contribution is 7.10. The molecule has 2 N–H and O–H groups in total. The number of piperidine rings is 1. The van der Waals surface area contributed by atoms with Crippen LogP contribution in [0.2, 0.25) is 0 Å². The molecule has 10 nitrogen and oxygen atoms in total. The van der Waals surface area contributed by atoms with Crippen LogP contribution < -0.4 is 10.1 Å². The Morgan fingerprint density at radius 2 is 1.97 bits per heavy atom. The van der Waals surface area contributed by atoms with E-state index in [0.717, 1.165) is 23.4 Å². The molecule has 4 rings (SSSR count). The molecule has 0 saturated carbocycles. The maximum Gasteiger partial charge on any atom is 0.277 e. The molecule has 3 aromatic rings. The van der Waals surface area contributed by atoms with Gasteiger partial charge >= 0.3 is 0 Å². The first-order valence-electron chi connectivity index (χ1n) is 11.0. The van der Waals surface area contributed by atoms with E-state index in [9.17, 15) is 9.59 Å². The van der Waals surface area contributed by atoms with Gasteiger partial charge in [-0.05, 0) is 49.9 Å². The number of nitriles is 2. The number of nitrogens with zero attached hydrogens (tertiary/aromatic N) is 5. The number of carbonyl (C=O) groups excluding carboxylic acids is 2.